The molecule has 0 N–H and O–H groups in total. The highest BCUT2D eigenvalue weighted by atomic mass is 35.5. The van der Waals surface area contributed by atoms with Crippen molar-refractivity contribution in [3.8, 4) is 0 Å². The molecule has 5 heteroatoms. The number of para-hydroxylation sites is 1. The summed E-state index contributed by atoms with van der Waals surface area (Å²) in [5.74, 6) is 1.01. The Balaban J connectivity index is 2.12. The van der Waals surface area contributed by atoms with E-state index in [-0.39, 0.29) is 5.17 Å². The Morgan fingerprint density at radius 1 is 1.22 bits per heavy atom. The van der Waals surface area contributed by atoms with E-state index < -0.39 is 0 Å². The Kier molecular flexibility index (Phi) is 2.72. The second-order valence-electron chi connectivity index (χ2n) is 3.92. The van der Waals surface area contributed by atoms with Gasteiger partial charge in [-0.3, -0.25) is 4.99 Å². The van der Waals surface area contributed by atoms with E-state index in [2.05, 4.69) is 15.0 Å². The molecule has 1 aromatic rings. The van der Waals surface area contributed by atoms with Crippen molar-refractivity contribution in [2.45, 2.75) is 6.42 Å². The molecule has 1 aromatic carbocycles. The average Bonchev–Trinajstić information content (AvgIpc) is 2.54. The van der Waals surface area contributed by atoms with Gasteiger partial charge in [-0.1, -0.05) is 29.8 Å². The summed E-state index contributed by atoms with van der Waals surface area (Å²) in [6, 6.07) is 7.93. The van der Waals surface area contributed by atoms with Crippen molar-refractivity contribution >= 4 is 34.0 Å². The molecular weight excluding hydrogens is 250 g/mol. The number of rotatable bonds is 1. The molecule has 0 saturated heterocycles. The van der Waals surface area contributed by atoms with Crippen LogP contribution < -0.4 is 0 Å². The summed E-state index contributed by atoms with van der Waals surface area (Å²) in [7, 11) is 1.54. The van der Waals surface area contributed by atoms with E-state index >= 15 is 0 Å². The van der Waals surface area contributed by atoms with Gasteiger partial charge in [-0.15, -0.1) is 0 Å². The molecule has 2 aliphatic heterocycles. The van der Waals surface area contributed by atoms with Crippen molar-refractivity contribution in [1.82, 2.24) is 0 Å². The third kappa shape index (κ3) is 1.84. The van der Waals surface area contributed by atoms with Gasteiger partial charge in [-0.05, 0) is 11.6 Å². The lowest BCUT2D eigenvalue weighted by Gasteiger charge is -2.13. The minimum atomic E-state index is 0.273. The highest BCUT2D eigenvalue weighted by molar-refractivity contribution is 6.71. The maximum Gasteiger partial charge on any atom is 0.176 e. The monoisotopic (exact) mass is 259 g/mol. The van der Waals surface area contributed by atoms with Gasteiger partial charge >= 0.3 is 0 Å². The Labute approximate surface area is 109 Å². The largest absolute Gasteiger partial charge is 0.492 e. The molecule has 90 valence electrons. The fourth-order valence-corrected chi connectivity index (χ4v) is 2.08. The van der Waals surface area contributed by atoms with Gasteiger partial charge in [0.2, 0.25) is 0 Å². The summed E-state index contributed by atoms with van der Waals surface area (Å²) in [5, 5.41) is 0.273. The van der Waals surface area contributed by atoms with Crippen molar-refractivity contribution < 1.29 is 4.74 Å². The second-order valence-corrected chi connectivity index (χ2v) is 4.27. The zero-order chi connectivity index (χ0) is 12.5. The smallest absolute Gasteiger partial charge is 0.176 e. The zero-order valence-electron chi connectivity index (χ0n) is 9.72. The number of methoxy groups -OCH3 is 1. The number of fused-ring (bicyclic) bond motifs is 2. The number of aliphatic imine (C=N–C) groups is 3. The first-order chi connectivity index (χ1) is 8.78. The van der Waals surface area contributed by atoms with Crippen LogP contribution in [0.2, 0.25) is 0 Å². The zero-order valence-corrected chi connectivity index (χ0v) is 10.5. The lowest BCUT2D eigenvalue weighted by atomic mass is 10.0. The van der Waals surface area contributed by atoms with Gasteiger partial charge in [0.25, 0.3) is 0 Å². The van der Waals surface area contributed by atoms with Crippen LogP contribution in [0.25, 0.3) is 0 Å². The van der Waals surface area contributed by atoms with E-state index in [1.165, 1.54) is 7.11 Å². The van der Waals surface area contributed by atoms with Crippen LogP contribution >= 0.6 is 11.6 Å². The number of allylic oxidation sites excluding steroid dienone is 1. The maximum absolute atomic E-state index is 6.04. The molecular formula is C13H10ClN3O. The molecule has 0 bridgehead atoms. The van der Waals surface area contributed by atoms with E-state index in [4.69, 9.17) is 16.3 Å². The van der Waals surface area contributed by atoms with Crippen molar-refractivity contribution in [3.05, 3.63) is 41.8 Å². The third-order valence-electron chi connectivity index (χ3n) is 2.80. The minimum Gasteiger partial charge on any atom is -0.492 e. The van der Waals surface area contributed by atoms with E-state index in [1.54, 1.807) is 6.20 Å². The number of amidine groups is 1. The highest BCUT2D eigenvalue weighted by Gasteiger charge is 2.21. The van der Waals surface area contributed by atoms with Gasteiger partial charge < -0.3 is 4.74 Å². The molecule has 0 unspecified atom stereocenters. The highest BCUT2D eigenvalue weighted by Crippen LogP contribution is 2.26. The summed E-state index contributed by atoms with van der Waals surface area (Å²) < 4.78 is 5.10. The van der Waals surface area contributed by atoms with Crippen molar-refractivity contribution in [3.63, 3.8) is 0 Å². The molecule has 2 heterocycles. The molecule has 4 nitrogen and oxygen atoms in total. The third-order valence-corrected chi connectivity index (χ3v) is 3.07. The number of nitrogens with zero attached hydrogens (tertiary/aromatic N) is 3. The normalized spacial score (nSPS) is 17.4. The Morgan fingerprint density at radius 2 is 2.06 bits per heavy atom. The molecule has 0 aliphatic carbocycles. The predicted molar refractivity (Wildman–Crippen MR) is 73.1 cm³/mol. The number of benzene rings is 1. The Bertz CT molecular complexity index is 629. The first kappa shape index (κ1) is 11.2. The molecule has 0 fully saturated rings. The van der Waals surface area contributed by atoms with Crippen LogP contribution in [0.3, 0.4) is 0 Å². The fourth-order valence-electron chi connectivity index (χ4n) is 1.88. The van der Waals surface area contributed by atoms with Crippen LogP contribution in [0.15, 0.2) is 51.2 Å². The lowest BCUT2D eigenvalue weighted by molar-refractivity contribution is 0.315. The summed E-state index contributed by atoms with van der Waals surface area (Å²) >= 11 is 6.04. The summed E-state index contributed by atoms with van der Waals surface area (Å²) in [5.41, 5.74) is 2.86. The van der Waals surface area contributed by atoms with Crippen LogP contribution in [0.5, 0.6) is 0 Å². The number of hydrogen-bond acceptors (Lipinski definition) is 4. The van der Waals surface area contributed by atoms with Crippen molar-refractivity contribution in [2.24, 2.45) is 15.0 Å². The molecule has 0 aromatic heterocycles. The molecule has 0 radical (unpaired) electrons. The van der Waals surface area contributed by atoms with Gasteiger partial charge in [-0.25, -0.2) is 9.98 Å². The van der Waals surface area contributed by atoms with E-state index in [0.29, 0.717) is 18.0 Å². The van der Waals surface area contributed by atoms with Crippen LogP contribution in [0.4, 0.5) is 5.69 Å². The summed E-state index contributed by atoms with van der Waals surface area (Å²) in [4.78, 5) is 13.1. The minimum absolute atomic E-state index is 0.273. The molecule has 2 aliphatic rings. The topological polar surface area (TPSA) is 46.3 Å². The van der Waals surface area contributed by atoms with Crippen molar-refractivity contribution in [2.75, 3.05) is 7.11 Å². The van der Waals surface area contributed by atoms with E-state index in [1.807, 2.05) is 24.3 Å². The molecule has 18 heavy (non-hydrogen) atoms. The van der Waals surface area contributed by atoms with Crippen molar-refractivity contribution in [1.29, 1.82) is 0 Å². The van der Waals surface area contributed by atoms with E-state index in [0.717, 1.165) is 17.0 Å². The molecule has 0 saturated carbocycles. The molecule has 0 amide bonds. The quantitative estimate of drug-likeness (QED) is 0.765. The number of ether oxygens (including phenoxy) is 1. The molecule has 0 spiro atoms. The number of halogens is 1. The van der Waals surface area contributed by atoms with Crippen LogP contribution in [0.1, 0.15) is 5.56 Å². The first-order valence-electron chi connectivity index (χ1n) is 5.50. The predicted octanol–water partition coefficient (Wildman–Crippen LogP) is 2.85. The Hall–Kier alpha value is -1.94. The van der Waals surface area contributed by atoms with Gasteiger partial charge in [0.15, 0.2) is 16.8 Å². The maximum atomic E-state index is 6.04. The van der Waals surface area contributed by atoms with E-state index in [9.17, 15) is 0 Å². The lowest BCUT2D eigenvalue weighted by Crippen LogP contribution is -2.18. The van der Waals surface area contributed by atoms with Crippen LogP contribution in [-0.4, -0.2) is 23.8 Å². The molecule has 3 rings (SSSR count). The van der Waals surface area contributed by atoms with Gasteiger partial charge in [-0.2, -0.15) is 0 Å². The fraction of sp³-hybridized carbons (Fsp3) is 0.154. The second kappa shape index (κ2) is 4.38. The van der Waals surface area contributed by atoms with Gasteiger partial charge in [0.1, 0.15) is 0 Å². The van der Waals surface area contributed by atoms with Crippen LogP contribution in [-0.2, 0) is 11.2 Å². The average molecular weight is 260 g/mol. The number of hydrogen-bond donors (Lipinski definition) is 0. The SMILES string of the molecule is COC1=CN=C2Cc3ccccc3N=C2N=C1Cl. The van der Waals surface area contributed by atoms with Crippen LogP contribution in [0, 0.1) is 0 Å². The van der Waals surface area contributed by atoms with Gasteiger partial charge in [0.05, 0.1) is 24.7 Å². The first-order valence-corrected chi connectivity index (χ1v) is 5.88. The Morgan fingerprint density at radius 3 is 2.89 bits per heavy atom. The molecule has 0 atom stereocenters. The standard InChI is InChI=1S/C13H10ClN3O/c1-18-11-7-15-10-6-8-4-2-3-5-9(8)16-13(10)17-12(11)14/h2-5,7H,6H2,1H3. The summed E-state index contributed by atoms with van der Waals surface area (Å²) in [6.45, 7) is 0. The van der Waals surface area contributed by atoms with Gasteiger partial charge in [0, 0.05) is 6.42 Å². The summed E-state index contributed by atoms with van der Waals surface area (Å²) in [6.07, 6.45) is 2.29.